The number of carbonyl (C=O) groups is 1. The van der Waals surface area contributed by atoms with Gasteiger partial charge in [-0.25, -0.2) is 4.79 Å². The van der Waals surface area contributed by atoms with E-state index >= 15 is 0 Å². The molecule has 0 bridgehead atoms. The van der Waals surface area contributed by atoms with Crippen LogP contribution in [0.25, 0.3) is 0 Å². The van der Waals surface area contributed by atoms with Gasteiger partial charge in [-0.3, -0.25) is 0 Å². The lowest BCUT2D eigenvalue weighted by Crippen LogP contribution is -2.17. The summed E-state index contributed by atoms with van der Waals surface area (Å²) in [6, 6.07) is 0. The summed E-state index contributed by atoms with van der Waals surface area (Å²) >= 11 is 0. The highest BCUT2D eigenvalue weighted by Crippen LogP contribution is 1.93. The molecule has 10 heavy (non-hydrogen) atoms. The van der Waals surface area contributed by atoms with Gasteiger partial charge in [0.15, 0.2) is 0 Å². The van der Waals surface area contributed by atoms with Crippen molar-refractivity contribution in [3.63, 3.8) is 0 Å². The number of rotatable bonds is 3. The van der Waals surface area contributed by atoms with Crippen LogP contribution in [0.15, 0.2) is 0 Å². The molecule has 0 aromatic rings. The second-order valence-corrected chi connectivity index (χ2v) is 1.52. The van der Waals surface area contributed by atoms with E-state index in [1.54, 1.807) is 6.92 Å². The maximum atomic E-state index is 10.4. The molecule has 0 spiro atoms. The maximum absolute atomic E-state index is 10.4. The summed E-state index contributed by atoms with van der Waals surface area (Å²) in [7, 11) is 1.43. The molecular weight excluding hydrogens is 136 g/mol. The molecule has 0 rings (SSSR count). The number of carbonyl (C=O) groups excluding carboxylic acids is 1. The quantitative estimate of drug-likeness (QED) is 0.440. The monoisotopic (exact) mass is 147 g/mol. The lowest BCUT2D eigenvalue weighted by atomic mass is 10.7. The molecule has 0 saturated heterocycles. The van der Waals surface area contributed by atoms with Crippen LogP contribution in [-0.4, -0.2) is 26.2 Å². The van der Waals surface area contributed by atoms with E-state index in [1.807, 2.05) is 0 Å². The lowest BCUT2D eigenvalue weighted by molar-refractivity contribution is -0.0898. The van der Waals surface area contributed by atoms with Crippen molar-refractivity contribution < 1.29 is 19.0 Å². The van der Waals surface area contributed by atoms with Gasteiger partial charge >= 0.3 is 6.16 Å². The van der Waals surface area contributed by atoms with Gasteiger partial charge in [0.1, 0.15) is 0 Å². The van der Waals surface area contributed by atoms with E-state index in [0.29, 0.717) is 0 Å². The average Bonchev–Trinajstić information content (AvgIpc) is 1.88. The van der Waals surface area contributed by atoms with Crippen molar-refractivity contribution in [3.8, 4) is 0 Å². The minimum atomic E-state index is -0.760. The standard InChI is InChI=1S/C6H11O4/c1-4-9-6(7)10-5(2)8-3/h5H,1,4H2,2-3H3. The summed E-state index contributed by atoms with van der Waals surface area (Å²) in [4.78, 5) is 10.4. The number of hydrogen-bond acceptors (Lipinski definition) is 4. The SMILES string of the molecule is [CH2]COC(=O)OC(C)OC. The number of hydrogen-bond donors (Lipinski definition) is 0. The van der Waals surface area contributed by atoms with E-state index in [4.69, 9.17) is 0 Å². The fourth-order valence-corrected chi connectivity index (χ4v) is 0.301. The molecule has 59 valence electrons. The highest BCUT2D eigenvalue weighted by atomic mass is 16.8. The molecule has 0 aromatic carbocycles. The third-order valence-corrected chi connectivity index (χ3v) is 0.814. The largest absolute Gasteiger partial charge is 0.510 e. The Bertz CT molecular complexity index is 102. The zero-order valence-electron chi connectivity index (χ0n) is 6.12. The van der Waals surface area contributed by atoms with Gasteiger partial charge in [0.2, 0.25) is 6.29 Å². The van der Waals surface area contributed by atoms with Crippen LogP contribution in [0.4, 0.5) is 4.79 Å². The first-order chi connectivity index (χ1) is 4.70. The Labute approximate surface area is 60.1 Å². The topological polar surface area (TPSA) is 44.8 Å². The maximum Gasteiger partial charge on any atom is 0.510 e. The van der Waals surface area contributed by atoms with Gasteiger partial charge in [-0.15, -0.1) is 0 Å². The normalized spacial score (nSPS) is 12.3. The Morgan fingerprint density at radius 2 is 2.30 bits per heavy atom. The van der Waals surface area contributed by atoms with E-state index in [-0.39, 0.29) is 6.61 Å². The Hall–Kier alpha value is -0.770. The molecule has 1 unspecified atom stereocenters. The molecule has 0 aromatic heterocycles. The van der Waals surface area contributed by atoms with Crippen molar-refractivity contribution in [2.24, 2.45) is 0 Å². The predicted octanol–water partition coefficient (Wildman–Crippen LogP) is 0.966. The van der Waals surface area contributed by atoms with E-state index in [1.165, 1.54) is 7.11 Å². The molecule has 1 atom stereocenters. The molecule has 0 saturated carbocycles. The summed E-state index contributed by atoms with van der Waals surface area (Å²) in [5.41, 5.74) is 0. The van der Waals surface area contributed by atoms with Gasteiger partial charge in [-0.05, 0) is 13.8 Å². The van der Waals surface area contributed by atoms with Crippen molar-refractivity contribution in [3.05, 3.63) is 6.92 Å². The average molecular weight is 147 g/mol. The first kappa shape index (κ1) is 9.23. The molecular formula is C6H11O4. The van der Waals surface area contributed by atoms with Gasteiger partial charge in [0, 0.05) is 7.11 Å². The smallest absolute Gasteiger partial charge is 0.434 e. The van der Waals surface area contributed by atoms with E-state index in [0.717, 1.165) is 0 Å². The molecule has 0 fully saturated rings. The minimum Gasteiger partial charge on any atom is -0.434 e. The van der Waals surface area contributed by atoms with E-state index in [9.17, 15) is 4.79 Å². The molecule has 0 amide bonds. The molecule has 4 heteroatoms. The van der Waals surface area contributed by atoms with Gasteiger partial charge in [-0.1, -0.05) is 0 Å². The van der Waals surface area contributed by atoms with Crippen molar-refractivity contribution >= 4 is 6.16 Å². The zero-order valence-corrected chi connectivity index (χ0v) is 6.12. The van der Waals surface area contributed by atoms with Crippen LogP contribution in [-0.2, 0) is 14.2 Å². The van der Waals surface area contributed by atoms with Gasteiger partial charge in [-0.2, -0.15) is 0 Å². The number of methoxy groups -OCH3 is 1. The Morgan fingerprint density at radius 1 is 1.70 bits per heavy atom. The van der Waals surface area contributed by atoms with Crippen molar-refractivity contribution in [1.29, 1.82) is 0 Å². The molecule has 0 aliphatic carbocycles. The van der Waals surface area contributed by atoms with E-state index < -0.39 is 12.4 Å². The second kappa shape index (κ2) is 5.05. The summed E-state index contributed by atoms with van der Waals surface area (Å²) in [5.74, 6) is 0. The molecule has 0 aliphatic rings. The van der Waals surface area contributed by atoms with Crippen LogP contribution < -0.4 is 0 Å². The third-order valence-electron chi connectivity index (χ3n) is 0.814. The van der Waals surface area contributed by atoms with Crippen LogP contribution in [0.2, 0.25) is 0 Å². The summed E-state index contributed by atoms with van der Waals surface area (Å²) in [6.07, 6.45) is -1.33. The van der Waals surface area contributed by atoms with Crippen molar-refractivity contribution in [1.82, 2.24) is 0 Å². The molecule has 4 nitrogen and oxygen atoms in total. The second-order valence-electron chi connectivity index (χ2n) is 1.52. The zero-order chi connectivity index (χ0) is 7.98. The van der Waals surface area contributed by atoms with Gasteiger partial charge < -0.3 is 14.2 Å². The summed E-state index contributed by atoms with van der Waals surface area (Å²) < 4.78 is 13.5. The van der Waals surface area contributed by atoms with E-state index in [2.05, 4.69) is 21.1 Å². The molecule has 0 heterocycles. The Balaban J connectivity index is 3.37. The fraction of sp³-hybridized carbons (Fsp3) is 0.667. The minimum absolute atomic E-state index is 0.0647. The Morgan fingerprint density at radius 3 is 2.70 bits per heavy atom. The van der Waals surface area contributed by atoms with Crippen LogP contribution in [0.5, 0.6) is 0 Å². The van der Waals surface area contributed by atoms with Gasteiger partial charge in [0.25, 0.3) is 0 Å². The van der Waals surface area contributed by atoms with Crippen molar-refractivity contribution in [2.45, 2.75) is 13.2 Å². The highest BCUT2D eigenvalue weighted by molar-refractivity contribution is 5.59. The third kappa shape index (κ3) is 4.14. The summed E-state index contributed by atoms with van der Waals surface area (Å²) in [6.45, 7) is 4.95. The van der Waals surface area contributed by atoms with Crippen LogP contribution in [0.3, 0.4) is 0 Å². The lowest BCUT2D eigenvalue weighted by Gasteiger charge is -2.09. The first-order valence-electron chi connectivity index (χ1n) is 2.86. The fourth-order valence-electron chi connectivity index (χ4n) is 0.301. The van der Waals surface area contributed by atoms with Crippen LogP contribution >= 0.6 is 0 Å². The van der Waals surface area contributed by atoms with Crippen LogP contribution in [0, 0.1) is 6.92 Å². The first-order valence-corrected chi connectivity index (χ1v) is 2.86. The number of ether oxygens (including phenoxy) is 3. The predicted molar refractivity (Wildman–Crippen MR) is 34.3 cm³/mol. The van der Waals surface area contributed by atoms with Crippen LogP contribution in [0.1, 0.15) is 6.92 Å². The molecule has 1 radical (unpaired) electrons. The van der Waals surface area contributed by atoms with Crippen molar-refractivity contribution in [2.75, 3.05) is 13.7 Å². The molecule has 0 N–H and O–H groups in total. The Kier molecular flexibility index (Phi) is 4.66. The van der Waals surface area contributed by atoms with Gasteiger partial charge in [0.05, 0.1) is 6.61 Å². The summed E-state index contributed by atoms with van der Waals surface area (Å²) in [5, 5.41) is 0. The molecule has 0 aliphatic heterocycles. The highest BCUT2D eigenvalue weighted by Gasteiger charge is 2.06.